The summed E-state index contributed by atoms with van der Waals surface area (Å²) in [5.74, 6) is 1.83. The summed E-state index contributed by atoms with van der Waals surface area (Å²) in [6.07, 6.45) is -3.51. The highest BCUT2D eigenvalue weighted by Crippen LogP contribution is 2.36. The van der Waals surface area contributed by atoms with Gasteiger partial charge in [0.1, 0.15) is 11.6 Å². The Balaban J connectivity index is 1.92. The molecule has 1 N–H and O–H groups in total. The molecule has 0 spiro atoms. The van der Waals surface area contributed by atoms with Gasteiger partial charge in [0, 0.05) is 39.3 Å². The zero-order valence-electron chi connectivity index (χ0n) is 14.6. The lowest BCUT2D eigenvalue weighted by Gasteiger charge is -2.19. The van der Waals surface area contributed by atoms with Crippen molar-refractivity contribution in [1.29, 1.82) is 0 Å². The van der Waals surface area contributed by atoms with E-state index in [1.165, 1.54) is 23.9 Å². The van der Waals surface area contributed by atoms with Crippen LogP contribution in [0.25, 0.3) is 0 Å². The third kappa shape index (κ3) is 4.99. The summed E-state index contributed by atoms with van der Waals surface area (Å²) >= 11 is 4.90. The fourth-order valence-electron chi connectivity index (χ4n) is 2.75. The van der Waals surface area contributed by atoms with Gasteiger partial charge in [0.05, 0.1) is 12.7 Å². The van der Waals surface area contributed by atoms with Crippen LogP contribution >= 0.6 is 27.7 Å². The first-order chi connectivity index (χ1) is 12.9. The molecule has 0 bridgehead atoms. The second kappa shape index (κ2) is 8.56. The second-order valence-electron chi connectivity index (χ2n) is 5.96. The van der Waals surface area contributed by atoms with Crippen molar-refractivity contribution < 1.29 is 17.9 Å². The number of hydrogen-bond acceptors (Lipinski definition) is 4. The quantitative estimate of drug-likeness (QED) is 0.599. The number of nitrogens with one attached hydrogen (secondary N) is 1. The summed E-state index contributed by atoms with van der Waals surface area (Å²) < 4.78 is 45.8. The number of amidine groups is 1. The van der Waals surface area contributed by atoms with Crippen LogP contribution in [0.5, 0.6) is 5.75 Å². The molecule has 1 aliphatic rings. The van der Waals surface area contributed by atoms with Gasteiger partial charge >= 0.3 is 6.18 Å². The summed E-state index contributed by atoms with van der Waals surface area (Å²) in [6.45, 7) is 1.32. The van der Waals surface area contributed by atoms with E-state index in [-0.39, 0.29) is 0 Å². The first-order valence-electron chi connectivity index (χ1n) is 8.33. The molecular weight excluding hydrogens is 441 g/mol. The minimum atomic E-state index is -4.39. The van der Waals surface area contributed by atoms with Crippen LogP contribution in [0, 0.1) is 0 Å². The van der Waals surface area contributed by atoms with Gasteiger partial charge in [-0.05, 0) is 42.8 Å². The van der Waals surface area contributed by atoms with E-state index in [0.717, 1.165) is 33.2 Å². The Hall–Kier alpha value is -1.67. The van der Waals surface area contributed by atoms with Crippen LogP contribution in [0.3, 0.4) is 0 Å². The van der Waals surface area contributed by atoms with Gasteiger partial charge in [0.2, 0.25) is 0 Å². The van der Waals surface area contributed by atoms with E-state index in [0.29, 0.717) is 30.2 Å². The molecule has 0 radical (unpaired) electrons. The molecule has 0 aliphatic carbocycles. The average Bonchev–Trinajstić information content (AvgIpc) is 2.66. The van der Waals surface area contributed by atoms with Gasteiger partial charge in [0.15, 0.2) is 0 Å². The topological polar surface area (TPSA) is 33.6 Å². The summed E-state index contributed by atoms with van der Waals surface area (Å²) in [4.78, 5) is 5.13. The van der Waals surface area contributed by atoms with Crippen molar-refractivity contribution in [3.05, 3.63) is 57.6 Å². The SMILES string of the molecule is COc1ccc(Br)cc1CSc1ccc(C(F)(F)F)cc1C1=NCCCN1. The van der Waals surface area contributed by atoms with Gasteiger partial charge < -0.3 is 10.1 Å². The Morgan fingerprint density at radius 1 is 1.22 bits per heavy atom. The Kier molecular flexibility index (Phi) is 6.37. The molecule has 3 rings (SSSR count). The van der Waals surface area contributed by atoms with Gasteiger partial charge in [0.25, 0.3) is 0 Å². The first-order valence-corrected chi connectivity index (χ1v) is 10.1. The van der Waals surface area contributed by atoms with E-state index in [1.807, 2.05) is 18.2 Å². The predicted octanol–water partition coefficient (Wildman–Crippen LogP) is 5.51. The van der Waals surface area contributed by atoms with Gasteiger partial charge in [-0.1, -0.05) is 15.9 Å². The van der Waals surface area contributed by atoms with Crippen LogP contribution in [0.4, 0.5) is 13.2 Å². The number of rotatable bonds is 5. The Labute approximate surface area is 168 Å². The van der Waals surface area contributed by atoms with Crippen LogP contribution in [-0.4, -0.2) is 26.0 Å². The van der Waals surface area contributed by atoms with Crippen molar-refractivity contribution in [2.24, 2.45) is 4.99 Å². The number of aliphatic imine (C=N–C) groups is 1. The van der Waals surface area contributed by atoms with Crippen molar-refractivity contribution in [2.75, 3.05) is 20.2 Å². The van der Waals surface area contributed by atoms with Gasteiger partial charge in [-0.15, -0.1) is 11.8 Å². The number of methoxy groups -OCH3 is 1. The third-order valence-corrected chi connectivity index (χ3v) is 5.70. The van der Waals surface area contributed by atoms with Gasteiger partial charge in [-0.3, -0.25) is 4.99 Å². The smallest absolute Gasteiger partial charge is 0.416 e. The Bertz CT molecular complexity index is 855. The standard InChI is InChI=1S/C19H18BrF3N2OS/c1-26-16-5-4-14(20)9-12(16)11-27-17-6-3-13(19(21,22)23)10-15(17)18-24-7-2-8-25-18/h3-6,9-10H,2,7-8,11H2,1H3,(H,24,25). The first kappa shape index (κ1) is 20.1. The van der Waals surface area contributed by atoms with Crippen LogP contribution in [-0.2, 0) is 11.9 Å². The fourth-order valence-corrected chi connectivity index (χ4v) is 4.17. The van der Waals surface area contributed by atoms with Crippen molar-refractivity contribution in [3.8, 4) is 5.75 Å². The maximum Gasteiger partial charge on any atom is 0.416 e. The highest BCUT2D eigenvalue weighted by molar-refractivity contribution is 9.10. The van der Waals surface area contributed by atoms with Crippen molar-refractivity contribution in [3.63, 3.8) is 0 Å². The number of benzene rings is 2. The summed E-state index contributed by atoms with van der Waals surface area (Å²) in [6, 6.07) is 9.51. The monoisotopic (exact) mass is 458 g/mol. The van der Waals surface area contributed by atoms with Crippen LogP contribution in [0.2, 0.25) is 0 Å². The van der Waals surface area contributed by atoms with E-state index in [2.05, 4.69) is 26.2 Å². The lowest BCUT2D eigenvalue weighted by molar-refractivity contribution is -0.137. The molecular formula is C19H18BrF3N2OS. The van der Waals surface area contributed by atoms with Crippen molar-refractivity contribution >= 4 is 33.5 Å². The highest BCUT2D eigenvalue weighted by atomic mass is 79.9. The largest absolute Gasteiger partial charge is 0.496 e. The zero-order chi connectivity index (χ0) is 19.4. The van der Waals surface area contributed by atoms with Crippen molar-refractivity contribution in [1.82, 2.24) is 5.32 Å². The number of nitrogens with zero attached hydrogens (tertiary/aromatic N) is 1. The average molecular weight is 459 g/mol. The minimum Gasteiger partial charge on any atom is -0.496 e. The van der Waals surface area contributed by atoms with E-state index in [4.69, 9.17) is 4.74 Å². The number of hydrogen-bond donors (Lipinski definition) is 1. The molecule has 3 nitrogen and oxygen atoms in total. The van der Waals surface area contributed by atoms with Gasteiger partial charge in [-0.2, -0.15) is 13.2 Å². The van der Waals surface area contributed by atoms with E-state index >= 15 is 0 Å². The second-order valence-corrected chi connectivity index (χ2v) is 7.90. The number of thioether (sulfide) groups is 1. The predicted molar refractivity (Wildman–Crippen MR) is 106 cm³/mol. The van der Waals surface area contributed by atoms with E-state index in [9.17, 15) is 13.2 Å². The van der Waals surface area contributed by atoms with Crippen LogP contribution in [0.1, 0.15) is 23.1 Å². The number of ether oxygens (including phenoxy) is 1. The lowest BCUT2D eigenvalue weighted by Crippen LogP contribution is -2.30. The Morgan fingerprint density at radius 2 is 2.04 bits per heavy atom. The molecule has 2 aromatic rings. The molecule has 1 aliphatic heterocycles. The fraction of sp³-hybridized carbons (Fsp3) is 0.316. The lowest BCUT2D eigenvalue weighted by atomic mass is 10.1. The van der Waals surface area contributed by atoms with Crippen LogP contribution in [0.15, 0.2) is 50.8 Å². The van der Waals surface area contributed by atoms with E-state index in [1.54, 1.807) is 7.11 Å². The molecule has 0 saturated carbocycles. The summed E-state index contributed by atoms with van der Waals surface area (Å²) in [5, 5.41) is 3.12. The molecule has 0 aromatic heterocycles. The number of halogens is 4. The number of alkyl halides is 3. The van der Waals surface area contributed by atoms with E-state index < -0.39 is 11.7 Å². The molecule has 0 amide bonds. The molecule has 27 heavy (non-hydrogen) atoms. The molecule has 0 unspecified atom stereocenters. The molecule has 0 fully saturated rings. The molecule has 0 atom stereocenters. The highest BCUT2D eigenvalue weighted by Gasteiger charge is 2.31. The van der Waals surface area contributed by atoms with Crippen molar-refractivity contribution in [2.45, 2.75) is 23.2 Å². The van der Waals surface area contributed by atoms with Gasteiger partial charge in [-0.25, -0.2) is 0 Å². The maximum absolute atomic E-state index is 13.2. The molecule has 0 saturated heterocycles. The molecule has 144 valence electrons. The normalized spacial score (nSPS) is 14.5. The molecule has 1 heterocycles. The Morgan fingerprint density at radius 3 is 2.70 bits per heavy atom. The molecule has 8 heteroatoms. The molecule has 2 aromatic carbocycles. The summed E-state index contributed by atoms with van der Waals surface area (Å²) in [5.41, 5.74) is 0.779. The third-order valence-electron chi connectivity index (χ3n) is 4.08. The summed E-state index contributed by atoms with van der Waals surface area (Å²) in [7, 11) is 1.60. The minimum absolute atomic E-state index is 0.489. The zero-order valence-corrected chi connectivity index (χ0v) is 17.0. The maximum atomic E-state index is 13.2. The van der Waals surface area contributed by atoms with Crippen LogP contribution < -0.4 is 10.1 Å².